The normalized spacial score (nSPS) is 13.8. The third-order valence-electron chi connectivity index (χ3n) is 7.37. The summed E-state index contributed by atoms with van der Waals surface area (Å²) >= 11 is 6.47. The van der Waals surface area contributed by atoms with E-state index in [4.69, 9.17) is 16.3 Å². The maximum Gasteiger partial charge on any atom is 0.291 e. The van der Waals surface area contributed by atoms with Crippen molar-refractivity contribution in [1.82, 2.24) is 29.2 Å². The number of rotatable bonds is 9. The summed E-state index contributed by atoms with van der Waals surface area (Å²) in [5.41, 5.74) is 0.787. The number of amides is 2. The van der Waals surface area contributed by atoms with E-state index in [0.717, 1.165) is 26.2 Å². The topological polar surface area (TPSA) is 95.8 Å². The predicted octanol–water partition coefficient (Wildman–Crippen LogP) is 4.78. The van der Waals surface area contributed by atoms with Crippen LogP contribution in [0.4, 0.5) is 14.5 Å². The zero-order valence-corrected chi connectivity index (χ0v) is 25.3. The van der Waals surface area contributed by atoms with Crippen LogP contribution < -0.4 is 10.1 Å². The monoisotopic (exact) mass is 623 g/mol. The molecule has 0 atom stereocenters. The first-order valence-corrected chi connectivity index (χ1v) is 14.4. The Kier molecular flexibility index (Phi) is 9.52. The van der Waals surface area contributed by atoms with Crippen molar-refractivity contribution in [2.45, 2.75) is 0 Å². The summed E-state index contributed by atoms with van der Waals surface area (Å²) in [6.07, 6.45) is 4.22. The Morgan fingerprint density at radius 3 is 2.43 bits per heavy atom. The summed E-state index contributed by atoms with van der Waals surface area (Å²) in [6, 6.07) is 10.4. The molecule has 0 spiro atoms. The summed E-state index contributed by atoms with van der Waals surface area (Å²) in [4.78, 5) is 40.4. The number of carbonyl (C=O) groups excluding carboxylic acids is 2. The Hall–Kier alpha value is -4.39. The number of nitrogens with zero attached hydrogens (tertiary/aromatic N) is 6. The number of hydrogen-bond acceptors (Lipinski definition) is 7. The van der Waals surface area contributed by atoms with Gasteiger partial charge in [0.15, 0.2) is 17.4 Å². The molecule has 5 rings (SSSR count). The molecule has 0 bridgehead atoms. The Labute approximate surface area is 258 Å². The van der Waals surface area contributed by atoms with Gasteiger partial charge in [-0.25, -0.2) is 9.37 Å². The van der Waals surface area contributed by atoms with Crippen LogP contribution in [0.25, 0.3) is 11.3 Å². The summed E-state index contributed by atoms with van der Waals surface area (Å²) < 4.78 is 36.7. The molecule has 1 aliphatic rings. The number of anilines is 1. The third kappa shape index (κ3) is 6.88. The second-order valence-electron chi connectivity index (χ2n) is 10.6. The van der Waals surface area contributed by atoms with Crippen LogP contribution in [-0.4, -0.2) is 94.4 Å². The summed E-state index contributed by atoms with van der Waals surface area (Å²) in [5, 5.41) is 2.91. The minimum Gasteiger partial charge on any atom is -0.454 e. The summed E-state index contributed by atoms with van der Waals surface area (Å²) in [5.74, 6) is -3.12. The van der Waals surface area contributed by atoms with E-state index >= 15 is 4.39 Å². The van der Waals surface area contributed by atoms with Crippen LogP contribution in [0, 0.1) is 11.6 Å². The number of carbonyl (C=O) groups is 2. The van der Waals surface area contributed by atoms with Crippen LogP contribution in [-0.2, 0) is 7.05 Å². The van der Waals surface area contributed by atoms with Crippen molar-refractivity contribution in [3.63, 3.8) is 0 Å². The molecule has 230 valence electrons. The average Bonchev–Trinajstić information content (AvgIpc) is 3.40. The zero-order valence-electron chi connectivity index (χ0n) is 24.6. The van der Waals surface area contributed by atoms with Crippen LogP contribution in [0.2, 0.25) is 5.02 Å². The van der Waals surface area contributed by atoms with Crippen LogP contribution in [0.1, 0.15) is 21.0 Å². The Balaban J connectivity index is 1.24. The van der Waals surface area contributed by atoms with Crippen molar-refractivity contribution < 1.29 is 23.1 Å². The number of piperazine rings is 1. The van der Waals surface area contributed by atoms with Crippen molar-refractivity contribution in [1.29, 1.82) is 0 Å². The molecular weight excluding hydrogens is 592 g/mol. The first-order chi connectivity index (χ1) is 21.1. The fraction of sp³-hybridized carbons (Fsp3) is 0.290. The van der Waals surface area contributed by atoms with Crippen molar-refractivity contribution >= 4 is 29.1 Å². The van der Waals surface area contributed by atoms with Gasteiger partial charge in [-0.2, -0.15) is 4.39 Å². The molecule has 1 N–H and O–H groups in total. The number of pyridine rings is 1. The zero-order chi connectivity index (χ0) is 31.4. The molecule has 2 aromatic carbocycles. The molecule has 2 aromatic heterocycles. The van der Waals surface area contributed by atoms with Gasteiger partial charge in [0.2, 0.25) is 5.82 Å². The second kappa shape index (κ2) is 13.5. The van der Waals surface area contributed by atoms with E-state index in [2.05, 4.69) is 25.1 Å². The van der Waals surface area contributed by atoms with Crippen LogP contribution in [0.5, 0.6) is 11.5 Å². The van der Waals surface area contributed by atoms with Gasteiger partial charge in [-0.1, -0.05) is 11.6 Å². The highest BCUT2D eigenvalue weighted by molar-refractivity contribution is 6.34. The van der Waals surface area contributed by atoms with E-state index in [1.54, 1.807) is 17.0 Å². The van der Waals surface area contributed by atoms with Gasteiger partial charge in [-0.15, -0.1) is 0 Å². The lowest BCUT2D eigenvalue weighted by Gasteiger charge is -2.35. The molecule has 0 radical (unpaired) electrons. The fourth-order valence-electron chi connectivity index (χ4n) is 4.85. The van der Waals surface area contributed by atoms with E-state index in [9.17, 15) is 14.0 Å². The van der Waals surface area contributed by atoms with Crippen LogP contribution in [0.3, 0.4) is 0 Å². The van der Waals surface area contributed by atoms with Gasteiger partial charge in [0.1, 0.15) is 5.75 Å². The second-order valence-corrected chi connectivity index (χ2v) is 11.0. The molecule has 44 heavy (non-hydrogen) atoms. The van der Waals surface area contributed by atoms with Crippen molar-refractivity contribution in [3.8, 4) is 22.8 Å². The molecule has 1 saturated heterocycles. The van der Waals surface area contributed by atoms with Crippen molar-refractivity contribution in [2.75, 3.05) is 58.7 Å². The molecule has 2 amide bonds. The van der Waals surface area contributed by atoms with E-state index < -0.39 is 17.5 Å². The first kappa shape index (κ1) is 31.0. The van der Waals surface area contributed by atoms with Gasteiger partial charge in [0, 0.05) is 70.0 Å². The Morgan fingerprint density at radius 1 is 1.02 bits per heavy atom. The number of aromatic nitrogens is 3. The van der Waals surface area contributed by atoms with E-state index in [1.165, 1.54) is 60.5 Å². The predicted molar refractivity (Wildman–Crippen MR) is 163 cm³/mol. The molecule has 3 heterocycles. The molecular formula is C31H32ClF2N7O3. The Morgan fingerprint density at radius 2 is 1.75 bits per heavy atom. The number of benzene rings is 2. The highest BCUT2D eigenvalue weighted by Gasteiger charge is 2.25. The molecule has 0 unspecified atom stereocenters. The fourth-order valence-corrected chi connectivity index (χ4v) is 5.11. The highest BCUT2D eigenvalue weighted by atomic mass is 35.5. The lowest BCUT2D eigenvalue weighted by molar-refractivity contribution is 0.0630. The molecule has 1 fully saturated rings. The summed E-state index contributed by atoms with van der Waals surface area (Å²) in [7, 11) is 5.59. The van der Waals surface area contributed by atoms with Gasteiger partial charge >= 0.3 is 0 Å². The van der Waals surface area contributed by atoms with Gasteiger partial charge in [-0.3, -0.25) is 19.5 Å². The average molecular weight is 624 g/mol. The quantitative estimate of drug-likeness (QED) is 0.287. The van der Waals surface area contributed by atoms with E-state index in [0.29, 0.717) is 30.1 Å². The van der Waals surface area contributed by atoms with Crippen molar-refractivity contribution in [3.05, 3.63) is 89.1 Å². The van der Waals surface area contributed by atoms with Gasteiger partial charge in [0.05, 0.1) is 22.5 Å². The molecule has 13 heteroatoms. The van der Waals surface area contributed by atoms with Crippen LogP contribution in [0.15, 0.2) is 61.1 Å². The van der Waals surface area contributed by atoms with Crippen molar-refractivity contribution in [2.24, 2.45) is 7.05 Å². The number of nitrogens with one attached hydrogen (secondary N) is 1. The lowest BCUT2D eigenvalue weighted by atomic mass is 10.1. The molecule has 10 nitrogen and oxygen atoms in total. The minimum atomic E-state index is -1.18. The number of hydrogen-bond donors (Lipinski definition) is 1. The summed E-state index contributed by atoms with van der Waals surface area (Å²) in [6.45, 7) is 4.69. The van der Waals surface area contributed by atoms with Gasteiger partial charge in [-0.05, 0) is 56.6 Å². The highest BCUT2D eigenvalue weighted by Crippen LogP contribution is 2.32. The minimum absolute atomic E-state index is 0.0414. The maximum absolute atomic E-state index is 15.1. The standard InChI is InChI=1S/C31H32ClF2N7O3/c1-38(2)12-13-40-14-16-41(17-15-40)31(43)22-5-4-20(18-24(22)32)37-30(42)29-36-19-25(39(29)3)23-6-7-26(28(34)27(23)33)44-21-8-10-35-11-9-21/h4-11,18-19H,12-17H2,1-3H3,(H,37,42). The SMILES string of the molecule is CN(C)CCN1CCN(C(=O)c2ccc(NC(=O)c3ncc(-c4ccc(Oc5ccncc5)c(F)c4F)n3C)cc2Cl)CC1. The van der Waals surface area contributed by atoms with Gasteiger partial charge in [0.25, 0.3) is 11.8 Å². The number of halogens is 3. The van der Waals surface area contributed by atoms with Gasteiger partial charge < -0.3 is 24.4 Å². The number of likely N-dealkylation sites (N-methyl/N-ethyl adjacent to an activating group) is 1. The van der Waals surface area contributed by atoms with E-state index in [-0.39, 0.29) is 33.8 Å². The molecule has 4 aromatic rings. The van der Waals surface area contributed by atoms with E-state index in [1.807, 2.05) is 14.1 Å². The smallest absolute Gasteiger partial charge is 0.291 e. The maximum atomic E-state index is 15.1. The molecule has 0 saturated carbocycles. The number of ether oxygens (including phenoxy) is 1. The first-order valence-electron chi connectivity index (χ1n) is 14.0. The largest absolute Gasteiger partial charge is 0.454 e. The van der Waals surface area contributed by atoms with Crippen LogP contribution >= 0.6 is 11.6 Å². The Bertz CT molecular complexity index is 1660. The molecule has 1 aliphatic heterocycles. The lowest BCUT2D eigenvalue weighted by Crippen LogP contribution is -2.50. The third-order valence-corrected chi connectivity index (χ3v) is 7.68. The molecule has 0 aliphatic carbocycles. The number of imidazole rings is 1.